The van der Waals surface area contributed by atoms with Crippen LogP contribution in [0.2, 0.25) is 0 Å². The molecule has 0 amide bonds. The topological polar surface area (TPSA) is 91.0 Å². The summed E-state index contributed by atoms with van der Waals surface area (Å²) in [7, 11) is -1.89. The SMILES string of the molecule is CN=C(NCc1cccc(S(N)(=O)=O)c1)N1CCN(C2CCC(C(C)C)CC2)CC1. The van der Waals surface area contributed by atoms with Crippen LogP contribution < -0.4 is 10.5 Å². The van der Waals surface area contributed by atoms with Crippen molar-refractivity contribution in [3.63, 3.8) is 0 Å². The van der Waals surface area contributed by atoms with E-state index in [1.54, 1.807) is 19.2 Å². The molecule has 1 saturated carbocycles. The summed E-state index contributed by atoms with van der Waals surface area (Å²) in [6, 6.07) is 7.47. The Morgan fingerprint density at radius 2 is 1.83 bits per heavy atom. The lowest BCUT2D eigenvalue weighted by molar-refractivity contribution is 0.0864. The molecule has 1 aliphatic carbocycles. The zero-order chi connectivity index (χ0) is 21.7. The van der Waals surface area contributed by atoms with Crippen LogP contribution >= 0.6 is 0 Å². The molecule has 2 fully saturated rings. The lowest BCUT2D eigenvalue weighted by atomic mass is 9.79. The second-order valence-corrected chi connectivity index (χ2v) is 10.5. The van der Waals surface area contributed by atoms with Gasteiger partial charge in [0.1, 0.15) is 0 Å². The molecule has 7 nitrogen and oxygen atoms in total. The van der Waals surface area contributed by atoms with Crippen molar-refractivity contribution in [3.8, 4) is 0 Å². The van der Waals surface area contributed by atoms with Crippen LogP contribution in [0.25, 0.3) is 0 Å². The Labute approximate surface area is 181 Å². The molecule has 1 heterocycles. The third-order valence-electron chi connectivity index (χ3n) is 6.70. The number of hydrogen-bond donors (Lipinski definition) is 2. The van der Waals surface area contributed by atoms with Gasteiger partial charge >= 0.3 is 0 Å². The van der Waals surface area contributed by atoms with Crippen molar-refractivity contribution in [2.75, 3.05) is 33.2 Å². The number of guanidine groups is 1. The highest BCUT2D eigenvalue weighted by molar-refractivity contribution is 7.89. The van der Waals surface area contributed by atoms with Crippen molar-refractivity contribution >= 4 is 16.0 Å². The summed E-state index contributed by atoms with van der Waals surface area (Å²) in [5.41, 5.74) is 0.864. The summed E-state index contributed by atoms with van der Waals surface area (Å²) >= 11 is 0. The molecule has 0 aromatic heterocycles. The Kier molecular flexibility index (Phi) is 7.76. The molecule has 2 aliphatic rings. The maximum atomic E-state index is 11.6. The number of piperazine rings is 1. The third-order valence-corrected chi connectivity index (χ3v) is 7.61. The van der Waals surface area contributed by atoms with Crippen molar-refractivity contribution in [3.05, 3.63) is 29.8 Å². The minimum atomic E-state index is -3.69. The van der Waals surface area contributed by atoms with E-state index in [4.69, 9.17) is 5.14 Å². The van der Waals surface area contributed by atoms with Crippen molar-refractivity contribution < 1.29 is 8.42 Å². The van der Waals surface area contributed by atoms with E-state index in [0.29, 0.717) is 6.54 Å². The Morgan fingerprint density at radius 1 is 1.17 bits per heavy atom. The third kappa shape index (κ3) is 5.95. The summed E-state index contributed by atoms with van der Waals surface area (Å²) in [5.74, 6) is 2.57. The van der Waals surface area contributed by atoms with Crippen molar-refractivity contribution in [2.45, 2.75) is 57.0 Å². The van der Waals surface area contributed by atoms with Gasteiger partial charge in [-0.25, -0.2) is 13.6 Å². The lowest BCUT2D eigenvalue weighted by Gasteiger charge is -2.43. The van der Waals surface area contributed by atoms with Crippen LogP contribution in [-0.4, -0.2) is 63.4 Å². The second kappa shape index (κ2) is 10.1. The van der Waals surface area contributed by atoms with E-state index < -0.39 is 10.0 Å². The highest BCUT2D eigenvalue weighted by Crippen LogP contribution is 2.32. The van der Waals surface area contributed by atoms with Crippen LogP contribution in [0.3, 0.4) is 0 Å². The molecular formula is C22H37N5O2S. The van der Waals surface area contributed by atoms with Gasteiger partial charge in [0, 0.05) is 45.8 Å². The monoisotopic (exact) mass is 435 g/mol. The summed E-state index contributed by atoms with van der Waals surface area (Å²) in [4.78, 5) is 9.53. The first-order chi connectivity index (χ1) is 14.3. The fraction of sp³-hybridized carbons (Fsp3) is 0.682. The van der Waals surface area contributed by atoms with Crippen LogP contribution in [0.5, 0.6) is 0 Å². The Bertz CT molecular complexity index is 824. The molecule has 3 rings (SSSR count). The normalized spacial score (nSPS) is 24.3. The minimum absolute atomic E-state index is 0.137. The molecule has 168 valence electrons. The first-order valence-corrected chi connectivity index (χ1v) is 12.6. The lowest BCUT2D eigenvalue weighted by Crippen LogP contribution is -2.55. The Balaban J connectivity index is 1.49. The molecule has 0 radical (unpaired) electrons. The smallest absolute Gasteiger partial charge is 0.238 e. The molecule has 0 bridgehead atoms. The van der Waals surface area contributed by atoms with Crippen molar-refractivity contribution in [1.29, 1.82) is 0 Å². The number of nitrogens with zero attached hydrogens (tertiary/aromatic N) is 3. The molecule has 1 aromatic rings. The van der Waals surface area contributed by atoms with Crippen LogP contribution in [0.4, 0.5) is 0 Å². The van der Waals surface area contributed by atoms with E-state index in [2.05, 4.69) is 34.0 Å². The number of rotatable bonds is 5. The van der Waals surface area contributed by atoms with Crippen molar-refractivity contribution in [1.82, 2.24) is 15.1 Å². The maximum absolute atomic E-state index is 11.6. The molecule has 1 aromatic carbocycles. The quantitative estimate of drug-likeness (QED) is 0.547. The largest absolute Gasteiger partial charge is 0.352 e. The van der Waals surface area contributed by atoms with E-state index in [0.717, 1.165) is 55.6 Å². The summed E-state index contributed by atoms with van der Waals surface area (Å²) < 4.78 is 23.1. The maximum Gasteiger partial charge on any atom is 0.238 e. The van der Waals surface area contributed by atoms with Crippen LogP contribution in [0.1, 0.15) is 45.1 Å². The Hall–Kier alpha value is -1.64. The predicted octanol–water partition coefficient (Wildman–Crippen LogP) is 2.24. The highest BCUT2D eigenvalue weighted by atomic mass is 32.2. The van der Waals surface area contributed by atoms with Gasteiger partial charge in [0.2, 0.25) is 10.0 Å². The first kappa shape index (κ1) is 23.0. The number of sulfonamides is 1. The molecular weight excluding hydrogens is 398 g/mol. The summed E-state index contributed by atoms with van der Waals surface area (Å²) in [6.07, 6.45) is 5.39. The molecule has 0 unspecified atom stereocenters. The van der Waals surface area contributed by atoms with Gasteiger partial charge in [0.05, 0.1) is 4.90 Å². The average Bonchev–Trinajstić information content (AvgIpc) is 2.74. The fourth-order valence-electron chi connectivity index (χ4n) is 4.78. The van der Waals surface area contributed by atoms with E-state index in [9.17, 15) is 8.42 Å². The second-order valence-electron chi connectivity index (χ2n) is 8.93. The van der Waals surface area contributed by atoms with E-state index in [1.807, 2.05) is 6.07 Å². The molecule has 1 saturated heterocycles. The zero-order valence-electron chi connectivity index (χ0n) is 18.5. The number of nitrogens with two attached hydrogens (primary N) is 1. The Morgan fingerprint density at radius 3 is 2.40 bits per heavy atom. The van der Waals surface area contributed by atoms with E-state index >= 15 is 0 Å². The van der Waals surface area contributed by atoms with E-state index in [-0.39, 0.29) is 4.90 Å². The van der Waals surface area contributed by atoms with Gasteiger partial charge in [-0.3, -0.25) is 9.89 Å². The molecule has 30 heavy (non-hydrogen) atoms. The van der Waals surface area contributed by atoms with Crippen molar-refractivity contribution in [2.24, 2.45) is 22.0 Å². The van der Waals surface area contributed by atoms with Gasteiger partial charge in [0.15, 0.2) is 5.96 Å². The van der Waals surface area contributed by atoms with Crippen LogP contribution in [-0.2, 0) is 16.6 Å². The van der Waals surface area contributed by atoms with Gasteiger partial charge < -0.3 is 10.2 Å². The minimum Gasteiger partial charge on any atom is -0.352 e. The number of nitrogens with one attached hydrogen (secondary N) is 1. The van der Waals surface area contributed by atoms with E-state index in [1.165, 1.54) is 31.7 Å². The van der Waals surface area contributed by atoms with Crippen LogP contribution in [0.15, 0.2) is 34.2 Å². The average molecular weight is 436 g/mol. The van der Waals surface area contributed by atoms with Gasteiger partial charge in [-0.2, -0.15) is 0 Å². The van der Waals surface area contributed by atoms with Crippen LogP contribution in [0, 0.1) is 11.8 Å². The number of hydrogen-bond acceptors (Lipinski definition) is 4. The highest BCUT2D eigenvalue weighted by Gasteiger charge is 2.29. The first-order valence-electron chi connectivity index (χ1n) is 11.1. The summed E-state index contributed by atoms with van der Waals surface area (Å²) in [5, 5.41) is 8.61. The predicted molar refractivity (Wildman–Crippen MR) is 122 cm³/mol. The molecule has 3 N–H and O–H groups in total. The number of aliphatic imine (C=N–C) groups is 1. The standard InChI is InChI=1S/C22H37N5O2S/c1-17(2)19-7-9-20(10-8-19)26-11-13-27(14-12-26)22(24-3)25-16-18-5-4-6-21(15-18)30(23,28)29/h4-6,15,17,19-20H,7-14,16H2,1-3H3,(H,24,25)(H2,23,28,29). The van der Waals surface area contributed by atoms with Gasteiger partial charge in [0.25, 0.3) is 0 Å². The van der Waals surface area contributed by atoms with Gasteiger partial charge in [-0.1, -0.05) is 26.0 Å². The number of benzene rings is 1. The molecule has 1 aliphatic heterocycles. The van der Waals surface area contributed by atoms with Gasteiger partial charge in [-0.05, 0) is 55.2 Å². The zero-order valence-corrected chi connectivity index (χ0v) is 19.4. The molecule has 0 spiro atoms. The number of primary sulfonamides is 1. The van der Waals surface area contributed by atoms with Gasteiger partial charge in [-0.15, -0.1) is 0 Å². The fourth-order valence-corrected chi connectivity index (χ4v) is 5.36. The molecule has 8 heteroatoms. The summed E-state index contributed by atoms with van der Waals surface area (Å²) in [6.45, 7) is 9.27. The molecule has 0 atom stereocenters.